The van der Waals surface area contributed by atoms with E-state index in [0.29, 0.717) is 0 Å². The highest BCUT2D eigenvalue weighted by atomic mass is 79.9. The largest absolute Gasteiger partial charge is 0.347 e. The van der Waals surface area contributed by atoms with Gasteiger partial charge in [-0.2, -0.15) is 5.10 Å². The summed E-state index contributed by atoms with van der Waals surface area (Å²) in [6.07, 6.45) is 1.55. The fraction of sp³-hybridized carbons (Fsp3) is 0.182. The van der Waals surface area contributed by atoms with E-state index in [4.69, 9.17) is 0 Å². The third kappa shape index (κ3) is 2.52. The number of carbonyl (C=O) groups is 2. The van der Waals surface area contributed by atoms with Crippen molar-refractivity contribution in [2.75, 3.05) is 13.6 Å². The third-order valence-electron chi connectivity index (χ3n) is 2.38. The average Bonchev–Trinajstić information content (AvgIpc) is 2.56. The van der Waals surface area contributed by atoms with E-state index in [1.165, 1.54) is 7.05 Å². The zero-order chi connectivity index (χ0) is 12.4. The maximum absolute atomic E-state index is 11.5. The second-order valence-electron chi connectivity index (χ2n) is 3.59. The van der Waals surface area contributed by atoms with E-state index >= 15 is 0 Å². The van der Waals surface area contributed by atoms with Crippen LogP contribution in [-0.2, 0) is 4.79 Å². The smallest absolute Gasteiger partial charge is 0.272 e. The third-order valence-corrected chi connectivity index (χ3v) is 2.91. The molecule has 0 N–H and O–H groups in total. The highest BCUT2D eigenvalue weighted by Crippen LogP contribution is 2.11. The lowest BCUT2D eigenvalue weighted by Gasteiger charge is -2.07. The molecule has 1 saturated heterocycles. The number of hydrogen-bond donors (Lipinski definition) is 0. The van der Waals surface area contributed by atoms with Gasteiger partial charge in [0.05, 0.1) is 6.21 Å². The Hall–Kier alpha value is -1.69. The summed E-state index contributed by atoms with van der Waals surface area (Å²) in [5, 5.41) is 5.13. The minimum atomic E-state index is -0.400. The first-order chi connectivity index (χ1) is 8.08. The van der Waals surface area contributed by atoms with E-state index in [9.17, 15) is 9.59 Å². The molecule has 6 heteroatoms. The van der Waals surface area contributed by atoms with Crippen molar-refractivity contribution in [2.45, 2.75) is 0 Å². The number of nitrogens with zero attached hydrogens (tertiary/aromatic N) is 3. The molecule has 17 heavy (non-hydrogen) atoms. The van der Waals surface area contributed by atoms with Crippen molar-refractivity contribution in [3.8, 4) is 0 Å². The predicted octanol–water partition coefficient (Wildman–Crippen LogP) is 1.68. The lowest BCUT2D eigenvalue weighted by atomic mass is 10.2. The molecule has 1 aliphatic rings. The SMILES string of the molecule is CN1C(=O)CN(/N=C/c2ccc(Br)cc2)C1=O. The van der Waals surface area contributed by atoms with Gasteiger partial charge in [-0.15, -0.1) is 0 Å². The van der Waals surface area contributed by atoms with Gasteiger partial charge >= 0.3 is 6.03 Å². The lowest BCUT2D eigenvalue weighted by Crippen LogP contribution is -2.26. The predicted molar refractivity (Wildman–Crippen MR) is 66.6 cm³/mol. The fourth-order valence-corrected chi connectivity index (χ4v) is 1.62. The zero-order valence-corrected chi connectivity index (χ0v) is 10.7. The van der Waals surface area contributed by atoms with E-state index in [2.05, 4.69) is 21.0 Å². The van der Waals surface area contributed by atoms with Crippen LogP contribution in [0.5, 0.6) is 0 Å². The van der Waals surface area contributed by atoms with Gasteiger partial charge in [0.15, 0.2) is 0 Å². The molecule has 1 aromatic rings. The van der Waals surface area contributed by atoms with Crippen molar-refractivity contribution in [1.29, 1.82) is 0 Å². The van der Waals surface area contributed by atoms with Crippen LogP contribution in [0, 0.1) is 0 Å². The molecule has 88 valence electrons. The molecule has 5 nitrogen and oxygen atoms in total. The molecule has 0 radical (unpaired) electrons. The minimum absolute atomic E-state index is 0.00234. The maximum atomic E-state index is 11.5. The summed E-state index contributed by atoms with van der Waals surface area (Å²) in [5.74, 6) is -0.247. The van der Waals surface area contributed by atoms with Crippen LogP contribution in [0.1, 0.15) is 5.56 Å². The maximum Gasteiger partial charge on any atom is 0.347 e. The number of urea groups is 1. The number of amides is 3. The van der Waals surface area contributed by atoms with E-state index in [0.717, 1.165) is 19.9 Å². The lowest BCUT2D eigenvalue weighted by molar-refractivity contribution is -0.124. The Morgan fingerprint density at radius 3 is 2.47 bits per heavy atom. The second-order valence-corrected chi connectivity index (χ2v) is 4.50. The Morgan fingerprint density at radius 1 is 1.29 bits per heavy atom. The van der Waals surface area contributed by atoms with Crippen LogP contribution < -0.4 is 0 Å². The van der Waals surface area contributed by atoms with Crippen LogP contribution in [0.25, 0.3) is 0 Å². The van der Waals surface area contributed by atoms with Gasteiger partial charge in [-0.1, -0.05) is 28.1 Å². The van der Waals surface area contributed by atoms with Gasteiger partial charge in [0.25, 0.3) is 5.91 Å². The first-order valence-electron chi connectivity index (χ1n) is 4.95. The molecule has 1 heterocycles. The molecule has 1 aliphatic heterocycles. The number of benzene rings is 1. The number of hydrazone groups is 1. The number of rotatable bonds is 2. The summed E-state index contributed by atoms with van der Waals surface area (Å²) in [7, 11) is 1.44. The van der Waals surface area contributed by atoms with Crippen molar-refractivity contribution in [3.05, 3.63) is 34.3 Å². The molecule has 0 unspecified atom stereocenters. The van der Waals surface area contributed by atoms with Gasteiger partial charge < -0.3 is 0 Å². The van der Waals surface area contributed by atoms with Crippen LogP contribution >= 0.6 is 15.9 Å². The van der Waals surface area contributed by atoms with Crippen molar-refractivity contribution < 1.29 is 9.59 Å². The summed E-state index contributed by atoms with van der Waals surface area (Å²) in [4.78, 5) is 23.8. The van der Waals surface area contributed by atoms with E-state index in [1.807, 2.05) is 24.3 Å². The monoisotopic (exact) mass is 295 g/mol. The van der Waals surface area contributed by atoms with Gasteiger partial charge in [0.1, 0.15) is 6.54 Å². The van der Waals surface area contributed by atoms with Crippen LogP contribution in [0.3, 0.4) is 0 Å². The topological polar surface area (TPSA) is 53.0 Å². The second kappa shape index (κ2) is 4.67. The Kier molecular flexibility index (Phi) is 3.23. The van der Waals surface area contributed by atoms with Crippen LogP contribution in [0.2, 0.25) is 0 Å². The van der Waals surface area contributed by atoms with E-state index in [-0.39, 0.29) is 12.5 Å². The molecule has 0 aliphatic carbocycles. The van der Waals surface area contributed by atoms with E-state index in [1.54, 1.807) is 6.21 Å². The molecule has 3 amide bonds. The number of imide groups is 1. The molecule has 2 rings (SSSR count). The summed E-state index contributed by atoms with van der Waals surface area (Å²) in [6, 6.07) is 7.08. The number of halogens is 1. The Bertz CT molecular complexity index is 484. The summed E-state index contributed by atoms with van der Waals surface area (Å²) in [5.41, 5.74) is 0.864. The molecule has 0 saturated carbocycles. The Labute approximate surface area is 107 Å². The van der Waals surface area contributed by atoms with Crippen molar-refractivity contribution >= 4 is 34.1 Å². The molecule has 0 bridgehead atoms. The van der Waals surface area contributed by atoms with Crippen LogP contribution in [0.4, 0.5) is 4.79 Å². The van der Waals surface area contributed by atoms with Gasteiger partial charge in [-0.25, -0.2) is 9.80 Å². The van der Waals surface area contributed by atoms with E-state index < -0.39 is 6.03 Å². The quantitative estimate of drug-likeness (QED) is 0.616. The first kappa shape index (κ1) is 11.8. The minimum Gasteiger partial charge on any atom is -0.272 e. The number of hydrogen-bond acceptors (Lipinski definition) is 3. The molecule has 1 fully saturated rings. The number of likely N-dealkylation sites (N-methyl/N-ethyl adjacent to an activating group) is 1. The average molecular weight is 296 g/mol. The molecule has 0 aromatic heterocycles. The standard InChI is InChI=1S/C11H10BrN3O2/c1-14-10(16)7-15(11(14)17)13-6-8-2-4-9(12)5-3-8/h2-6H,7H2,1H3/b13-6+. The number of carbonyl (C=O) groups excluding carboxylic acids is 2. The van der Waals surface area contributed by atoms with Gasteiger partial charge in [-0.05, 0) is 17.7 Å². The molecule has 0 spiro atoms. The summed E-state index contributed by atoms with van der Waals surface area (Å²) >= 11 is 3.33. The van der Waals surface area contributed by atoms with Gasteiger partial charge in [-0.3, -0.25) is 9.69 Å². The summed E-state index contributed by atoms with van der Waals surface area (Å²) in [6.45, 7) is 0.00234. The van der Waals surface area contributed by atoms with Crippen LogP contribution in [-0.4, -0.2) is 41.7 Å². The molecular weight excluding hydrogens is 286 g/mol. The normalized spacial score (nSPS) is 16.4. The summed E-state index contributed by atoms with van der Waals surface area (Å²) < 4.78 is 0.974. The highest BCUT2D eigenvalue weighted by Gasteiger charge is 2.32. The van der Waals surface area contributed by atoms with Crippen LogP contribution in [0.15, 0.2) is 33.8 Å². The Morgan fingerprint density at radius 2 is 1.94 bits per heavy atom. The fourth-order valence-electron chi connectivity index (χ4n) is 1.36. The van der Waals surface area contributed by atoms with Gasteiger partial charge in [0.2, 0.25) is 0 Å². The zero-order valence-electron chi connectivity index (χ0n) is 9.13. The van der Waals surface area contributed by atoms with Crippen molar-refractivity contribution in [3.63, 3.8) is 0 Å². The van der Waals surface area contributed by atoms with Crippen molar-refractivity contribution in [2.24, 2.45) is 5.10 Å². The first-order valence-corrected chi connectivity index (χ1v) is 5.75. The van der Waals surface area contributed by atoms with Crippen molar-refractivity contribution in [1.82, 2.24) is 9.91 Å². The molecular formula is C11H10BrN3O2. The highest BCUT2D eigenvalue weighted by molar-refractivity contribution is 9.10. The Balaban J connectivity index is 2.09. The molecule has 1 aromatic carbocycles. The molecule has 0 atom stereocenters. The van der Waals surface area contributed by atoms with Gasteiger partial charge in [0, 0.05) is 11.5 Å².